The van der Waals surface area contributed by atoms with Gasteiger partial charge in [0.05, 0.1) is 36.1 Å². The number of hydrogen-bond acceptors (Lipinski definition) is 3. The highest BCUT2D eigenvalue weighted by Crippen LogP contribution is 2.39. The molecule has 0 saturated heterocycles. The first-order valence-corrected chi connectivity index (χ1v) is 7.57. The van der Waals surface area contributed by atoms with Crippen LogP contribution in [0.25, 0.3) is 0 Å². The minimum atomic E-state index is 0.319. The number of rotatable bonds is 9. The van der Waals surface area contributed by atoms with Crippen molar-refractivity contribution in [1.82, 2.24) is 15.1 Å². The van der Waals surface area contributed by atoms with Crippen LogP contribution in [0.5, 0.6) is 0 Å². The number of halogens is 1. The van der Waals surface area contributed by atoms with E-state index < -0.39 is 0 Å². The SMILES string of the molecule is CCCNC(CC1CC1)c1c(Cl)cnn1CCOC. The molecule has 1 unspecified atom stereocenters. The largest absolute Gasteiger partial charge is 0.383 e. The zero-order valence-electron chi connectivity index (χ0n) is 11.9. The smallest absolute Gasteiger partial charge is 0.0834 e. The van der Waals surface area contributed by atoms with Gasteiger partial charge < -0.3 is 10.1 Å². The Bertz CT molecular complexity index is 390. The van der Waals surface area contributed by atoms with Gasteiger partial charge in [0, 0.05) is 7.11 Å². The fraction of sp³-hybridized carbons (Fsp3) is 0.786. The van der Waals surface area contributed by atoms with Gasteiger partial charge in [0.1, 0.15) is 0 Å². The van der Waals surface area contributed by atoms with Crippen LogP contribution in [0, 0.1) is 5.92 Å². The van der Waals surface area contributed by atoms with Crippen LogP contribution < -0.4 is 5.32 Å². The molecule has 19 heavy (non-hydrogen) atoms. The van der Waals surface area contributed by atoms with Crippen LogP contribution in [-0.2, 0) is 11.3 Å². The summed E-state index contributed by atoms with van der Waals surface area (Å²) in [5, 5.41) is 8.76. The second-order valence-corrected chi connectivity index (χ2v) is 5.69. The van der Waals surface area contributed by atoms with E-state index in [1.165, 1.54) is 19.3 Å². The predicted octanol–water partition coefficient (Wildman–Crippen LogP) is 3.02. The molecule has 0 aromatic carbocycles. The summed E-state index contributed by atoms with van der Waals surface area (Å²) >= 11 is 6.34. The Balaban J connectivity index is 2.10. The summed E-state index contributed by atoms with van der Waals surface area (Å²) in [4.78, 5) is 0. The van der Waals surface area contributed by atoms with Gasteiger partial charge in [-0.2, -0.15) is 5.10 Å². The Morgan fingerprint density at radius 1 is 1.58 bits per heavy atom. The minimum absolute atomic E-state index is 0.319. The molecular formula is C14H24ClN3O. The van der Waals surface area contributed by atoms with Crippen LogP contribution in [0.15, 0.2) is 6.20 Å². The highest BCUT2D eigenvalue weighted by atomic mass is 35.5. The van der Waals surface area contributed by atoms with E-state index in [1.54, 1.807) is 13.3 Å². The number of ether oxygens (including phenoxy) is 1. The quantitative estimate of drug-likeness (QED) is 0.758. The summed E-state index contributed by atoms with van der Waals surface area (Å²) < 4.78 is 7.13. The van der Waals surface area contributed by atoms with Crippen LogP contribution in [-0.4, -0.2) is 30.0 Å². The summed E-state index contributed by atoms with van der Waals surface area (Å²) in [5.74, 6) is 0.858. The van der Waals surface area contributed by atoms with Crippen molar-refractivity contribution in [2.24, 2.45) is 5.92 Å². The first-order valence-electron chi connectivity index (χ1n) is 7.19. The van der Waals surface area contributed by atoms with Crippen molar-refractivity contribution in [3.8, 4) is 0 Å². The van der Waals surface area contributed by atoms with E-state index in [4.69, 9.17) is 16.3 Å². The van der Waals surface area contributed by atoms with E-state index in [9.17, 15) is 0 Å². The molecule has 2 rings (SSSR count). The number of hydrogen-bond donors (Lipinski definition) is 1. The summed E-state index contributed by atoms with van der Waals surface area (Å²) in [5.41, 5.74) is 1.12. The maximum atomic E-state index is 6.34. The van der Waals surface area contributed by atoms with Gasteiger partial charge in [0.2, 0.25) is 0 Å². The fourth-order valence-corrected chi connectivity index (χ4v) is 2.64. The van der Waals surface area contributed by atoms with E-state index >= 15 is 0 Å². The monoisotopic (exact) mass is 285 g/mol. The molecule has 1 N–H and O–H groups in total. The summed E-state index contributed by atoms with van der Waals surface area (Å²) in [7, 11) is 1.71. The lowest BCUT2D eigenvalue weighted by Gasteiger charge is -2.20. The first kappa shape index (κ1) is 14.8. The number of nitrogens with one attached hydrogen (secondary N) is 1. The molecule has 1 aromatic rings. The Morgan fingerprint density at radius 3 is 3.00 bits per heavy atom. The van der Waals surface area contributed by atoms with Crippen molar-refractivity contribution >= 4 is 11.6 Å². The van der Waals surface area contributed by atoms with Gasteiger partial charge in [0.15, 0.2) is 0 Å². The van der Waals surface area contributed by atoms with Crippen LogP contribution in [0.4, 0.5) is 0 Å². The third kappa shape index (κ3) is 4.20. The third-order valence-electron chi connectivity index (χ3n) is 3.58. The van der Waals surface area contributed by atoms with Crippen LogP contribution in [0.1, 0.15) is 44.3 Å². The van der Waals surface area contributed by atoms with Gasteiger partial charge in [-0.1, -0.05) is 31.4 Å². The number of methoxy groups -OCH3 is 1. The Kier molecular flexibility index (Phi) is 5.67. The van der Waals surface area contributed by atoms with E-state index in [0.29, 0.717) is 12.6 Å². The Labute approximate surface area is 120 Å². The summed E-state index contributed by atoms with van der Waals surface area (Å²) in [6, 6.07) is 0.319. The Morgan fingerprint density at radius 2 is 2.37 bits per heavy atom. The number of nitrogens with zero attached hydrogens (tertiary/aromatic N) is 2. The standard InChI is InChI=1S/C14H24ClN3O/c1-3-6-16-13(9-11-4-5-11)14-12(15)10-17-18(14)7-8-19-2/h10-11,13,16H,3-9H2,1-2H3. The van der Waals surface area contributed by atoms with Crippen LogP contribution in [0.3, 0.4) is 0 Å². The average Bonchev–Trinajstić information content (AvgIpc) is 3.15. The van der Waals surface area contributed by atoms with E-state index in [1.807, 2.05) is 4.68 Å². The van der Waals surface area contributed by atoms with Crippen molar-refractivity contribution in [3.63, 3.8) is 0 Å². The molecule has 1 fully saturated rings. The van der Waals surface area contributed by atoms with E-state index in [0.717, 1.165) is 36.1 Å². The average molecular weight is 286 g/mol. The molecule has 0 aliphatic heterocycles. The normalized spacial score (nSPS) is 16.8. The van der Waals surface area contributed by atoms with Gasteiger partial charge in [-0.3, -0.25) is 4.68 Å². The molecule has 1 heterocycles. The molecule has 0 amide bonds. The lowest BCUT2D eigenvalue weighted by molar-refractivity contribution is 0.181. The second kappa shape index (κ2) is 7.27. The zero-order chi connectivity index (χ0) is 13.7. The molecule has 1 aliphatic rings. The fourth-order valence-electron chi connectivity index (χ4n) is 2.37. The lowest BCUT2D eigenvalue weighted by Crippen LogP contribution is -2.26. The van der Waals surface area contributed by atoms with Gasteiger partial charge in [0.25, 0.3) is 0 Å². The van der Waals surface area contributed by atoms with Crippen molar-refractivity contribution in [3.05, 3.63) is 16.9 Å². The van der Waals surface area contributed by atoms with Crippen molar-refractivity contribution in [2.45, 2.75) is 45.2 Å². The molecule has 1 aromatic heterocycles. The van der Waals surface area contributed by atoms with Crippen molar-refractivity contribution < 1.29 is 4.74 Å². The Hall–Kier alpha value is -0.580. The number of aromatic nitrogens is 2. The van der Waals surface area contributed by atoms with Crippen molar-refractivity contribution in [1.29, 1.82) is 0 Å². The second-order valence-electron chi connectivity index (χ2n) is 5.28. The van der Waals surface area contributed by atoms with Crippen LogP contribution in [0.2, 0.25) is 5.02 Å². The summed E-state index contributed by atoms with van der Waals surface area (Å²) in [6.45, 7) is 4.62. The highest BCUT2D eigenvalue weighted by molar-refractivity contribution is 6.31. The highest BCUT2D eigenvalue weighted by Gasteiger charge is 2.29. The van der Waals surface area contributed by atoms with Crippen molar-refractivity contribution in [2.75, 3.05) is 20.3 Å². The van der Waals surface area contributed by atoms with Gasteiger partial charge >= 0.3 is 0 Å². The molecule has 108 valence electrons. The maximum absolute atomic E-state index is 6.34. The topological polar surface area (TPSA) is 39.1 Å². The predicted molar refractivity (Wildman–Crippen MR) is 77.5 cm³/mol. The summed E-state index contributed by atoms with van der Waals surface area (Å²) in [6.07, 6.45) is 6.76. The molecule has 1 atom stereocenters. The van der Waals surface area contributed by atoms with E-state index in [2.05, 4.69) is 17.3 Å². The van der Waals surface area contributed by atoms with Gasteiger partial charge in [-0.15, -0.1) is 0 Å². The molecule has 1 aliphatic carbocycles. The molecule has 5 heteroatoms. The van der Waals surface area contributed by atoms with E-state index in [-0.39, 0.29) is 0 Å². The van der Waals surface area contributed by atoms with Gasteiger partial charge in [-0.05, 0) is 25.3 Å². The maximum Gasteiger partial charge on any atom is 0.0834 e. The molecule has 1 saturated carbocycles. The molecule has 0 radical (unpaired) electrons. The third-order valence-corrected chi connectivity index (χ3v) is 3.87. The molecule has 0 spiro atoms. The molecular weight excluding hydrogens is 262 g/mol. The van der Waals surface area contributed by atoms with Gasteiger partial charge in [-0.25, -0.2) is 0 Å². The first-order chi connectivity index (χ1) is 9.26. The minimum Gasteiger partial charge on any atom is -0.383 e. The lowest BCUT2D eigenvalue weighted by atomic mass is 10.1. The molecule has 4 nitrogen and oxygen atoms in total. The van der Waals surface area contributed by atoms with Crippen LogP contribution >= 0.6 is 11.6 Å². The zero-order valence-corrected chi connectivity index (χ0v) is 12.6. The molecule has 0 bridgehead atoms.